The maximum Gasteiger partial charge on any atom is 0.228 e. The highest BCUT2D eigenvalue weighted by atomic mass is 32.2. The van der Waals surface area contributed by atoms with Crippen molar-refractivity contribution < 1.29 is 8.42 Å². The largest absolute Gasteiger partial charge is 0.311 e. The Hall–Kier alpha value is -2.40. The Balaban J connectivity index is 2.02. The normalized spacial score (nSPS) is 12.2. The summed E-state index contributed by atoms with van der Waals surface area (Å²) in [5.74, 6) is 0.0404. The molecule has 0 N–H and O–H groups in total. The fraction of sp³-hybridized carbons (Fsp3) is 0.167. The van der Waals surface area contributed by atoms with Crippen LogP contribution in [0.2, 0.25) is 0 Å². The van der Waals surface area contributed by atoms with Gasteiger partial charge in [0.15, 0.2) is 0 Å². The van der Waals surface area contributed by atoms with Crippen LogP contribution in [-0.4, -0.2) is 23.7 Å². The van der Waals surface area contributed by atoms with Gasteiger partial charge in [-0.15, -0.1) is 0 Å². The molecule has 0 spiro atoms. The van der Waals surface area contributed by atoms with Gasteiger partial charge in [0, 0.05) is 6.54 Å². The molecule has 5 heteroatoms. The second-order valence-electron chi connectivity index (χ2n) is 5.21. The van der Waals surface area contributed by atoms with Crippen LogP contribution in [0.25, 0.3) is 17.1 Å². The molecule has 0 saturated carbocycles. The van der Waals surface area contributed by atoms with Gasteiger partial charge in [-0.05, 0) is 17.7 Å². The summed E-state index contributed by atoms with van der Waals surface area (Å²) in [7, 11) is -3.37. The maximum absolute atomic E-state index is 12.3. The van der Waals surface area contributed by atoms with Crippen LogP contribution >= 0.6 is 0 Å². The molecule has 0 atom stereocenters. The van der Waals surface area contributed by atoms with Crippen molar-refractivity contribution in [3.8, 4) is 0 Å². The molecule has 0 fully saturated rings. The number of hydrogen-bond donors (Lipinski definition) is 0. The van der Waals surface area contributed by atoms with E-state index in [0.29, 0.717) is 12.1 Å². The Kier molecular flexibility index (Phi) is 4.30. The highest BCUT2D eigenvalue weighted by Crippen LogP contribution is 2.20. The molecular formula is C18H18N2O2S. The molecule has 0 unspecified atom stereocenters. The van der Waals surface area contributed by atoms with Crippen molar-refractivity contribution in [2.24, 2.45) is 0 Å². The highest BCUT2D eigenvalue weighted by Gasteiger charge is 2.21. The molecule has 4 nitrogen and oxygen atoms in total. The Morgan fingerprint density at radius 2 is 1.74 bits per heavy atom. The standard InChI is InChI=1S/C18H18N2O2S/c1-2-23(21,22)18-19-16-12-6-7-13-17(16)20(18)14-8-11-15-9-4-3-5-10-15/h3-13H,2,14H2,1H3/b11-8+. The van der Waals surface area contributed by atoms with Crippen molar-refractivity contribution in [3.63, 3.8) is 0 Å². The molecule has 118 valence electrons. The molecule has 3 rings (SSSR count). The number of nitrogens with zero attached hydrogens (tertiary/aromatic N) is 2. The van der Waals surface area contributed by atoms with Gasteiger partial charge in [-0.3, -0.25) is 0 Å². The van der Waals surface area contributed by atoms with Gasteiger partial charge in [0.1, 0.15) is 0 Å². The van der Waals surface area contributed by atoms with Crippen LogP contribution < -0.4 is 0 Å². The smallest absolute Gasteiger partial charge is 0.228 e. The molecule has 2 aromatic carbocycles. The van der Waals surface area contributed by atoms with Gasteiger partial charge in [-0.2, -0.15) is 0 Å². The lowest BCUT2D eigenvalue weighted by molar-refractivity contribution is 0.578. The third kappa shape index (κ3) is 3.19. The van der Waals surface area contributed by atoms with Gasteiger partial charge >= 0.3 is 0 Å². The molecule has 0 aliphatic carbocycles. The zero-order valence-electron chi connectivity index (χ0n) is 12.9. The van der Waals surface area contributed by atoms with Crippen molar-refractivity contribution >= 4 is 26.9 Å². The number of hydrogen-bond acceptors (Lipinski definition) is 3. The van der Waals surface area contributed by atoms with E-state index >= 15 is 0 Å². The lowest BCUT2D eigenvalue weighted by atomic mass is 10.2. The average molecular weight is 326 g/mol. The first-order chi connectivity index (χ1) is 11.1. The van der Waals surface area contributed by atoms with Crippen LogP contribution in [0.5, 0.6) is 0 Å². The number of imidazole rings is 1. The van der Waals surface area contributed by atoms with E-state index in [1.165, 1.54) is 0 Å². The van der Waals surface area contributed by atoms with Gasteiger partial charge < -0.3 is 4.57 Å². The number of allylic oxidation sites excluding steroid dienone is 1. The van der Waals surface area contributed by atoms with Crippen LogP contribution in [0.1, 0.15) is 12.5 Å². The first kappa shape index (κ1) is 15.5. The summed E-state index contributed by atoms with van der Waals surface area (Å²) < 4.78 is 26.4. The molecule has 0 radical (unpaired) electrons. The van der Waals surface area contributed by atoms with Crippen LogP contribution in [0.4, 0.5) is 0 Å². The van der Waals surface area contributed by atoms with Crippen molar-refractivity contribution in [1.29, 1.82) is 0 Å². The van der Waals surface area contributed by atoms with Crippen LogP contribution in [0.15, 0.2) is 65.8 Å². The van der Waals surface area contributed by atoms with Crippen LogP contribution in [0, 0.1) is 0 Å². The van der Waals surface area contributed by atoms with E-state index in [0.717, 1.165) is 11.1 Å². The zero-order valence-corrected chi connectivity index (χ0v) is 13.7. The highest BCUT2D eigenvalue weighted by molar-refractivity contribution is 7.91. The molecule has 0 saturated heterocycles. The number of sulfone groups is 1. The number of para-hydroxylation sites is 2. The summed E-state index contributed by atoms with van der Waals surface area (Å²) in [5.41, 5.74) is 2.61. The molecule has 0 aliphatic rings. The number of rotatable bonds is 5. The summed E-state index contributed by atoms with van der Waals surface area (Å²) in [6.07, 6.45) is 3.94. The number of aromatic nitrogens is 2. The monoisotopic (exact) mass is 326 g/mol. The Morgan fingerprint density at radius 3 is 2.48 bits per heavy atom. The summed E-state index contributed by atoms with van der Waals surface area (Å²) in [6, 6.07) is 17.4. The zero-order chi connectivity index (χ0) is 16.3. The average Bonchev–Trinajstić information content (AvgIpc) is 2.96. The Morgan fingerprint density at radius 1 is 1.04 bits per heavy atom. The van der Waals surface area contributed by atoms with Crippen molar-refractivity contribution in [3.05, 3.63) is 66.2 Å². The van der Waals surface area contributed by atoms with E-state index in [2.05, 4.69) is 4.98 Å². The van der Waals surface area contributed by atoms with E-state index in [9.17, 15) is 8.42 Å². The third-order valence-corrected chi connectivity index (χ3v) is 5.30. The molecule has 0 aliphatic heterocycles. The lowest BCUT2D eigenvalue weighted by Crippen LogP contribution is -2.12. The molecular weight excluding hydrogens is 308 g/mol. The van der Waals surface area contributed by atoms with E-state index in [-0.39, 0.29) is 10.9 Å². The van der Waals surface area contributed by atoms with E-state index < -0.39 is 9.84 Å². The number of benzene rings is 2. The second-order valence-corrected chi connectivity index (χ2v) is 7.38. The third-order valence-electron chi connectivity index (χ3n) is 3.68. The Bertz CT molecular complexity index is 942. The van der Waals surface area contributed by atoms with Gasteiger partial charge in [-0.25, -0.2) is 13.4 Å². The van der Waals surface area contributed by atoms with Gasteiger partial charge in [-0.1, -0.05) is 61.5 Å². The minimum Gasteiger partial charge on any atom is -0.311 e. The van der Waals surface area contributed by atoms with Crippen LogP contribution in [0.3, 0.4) is 0 Å². The first-order valence-electron chi connectivity index (χ1n) is 7.51. The molecule has 3 aromatic rings. The van der Waals surface area contributed by atoms with Gasteiger partial charge in [0.25, 0.3) is 0 Å². The Labute approximate surface area is 136 Å². The molecule has 1 heterocycles. The minimum absolute atomic E-state index is 0.0404. The molecule has 0 bridgehead atoms. The number of fused-ring (bicyclic) bond motifs is 1. The van der Waals surface area contributed by atoms with Crippen LogP contribution in [-0.2, 0) is 16.4 Å². The SMILES string of the molecule is CCS(=O)(=O)c1nc2ccccc2n1C/C=C/c1ccccc1. The van der Waals surface area contributed by atoms with E-state index in [1.807, 2.05) is 66.7 Å². The predicted molar refractivity (Wildman–Crippen MR) is 92.9 cm³/mol. The summed E-state index contributed by atoms with van der Waals surface area (Å²) in [5, 5.41) is 0.138. The summed E-state index contributed by atoms with van der Waals surface area (Å²) in [6.45, 7) is 2.10. The maximum atomic E-state index is 12.3. The predicted octanol–water partition coefficient (Wildman–Crippen LogP) is 3.54. The molecule has 0 amide bonds. The quantitative estimate of drug-likeness (QED) is 0.720. The first-order valence-corrected chi connectivity index (χ1v) is 9.16. The summed E-state index contributed by atoms with van der Waals surface area (Å²) in [4.78, 5) is 4.32. The van der Waals surface area contributed by atoms with E-state index in [1.54, 1.807) is 11.5 Å². The van der Waals surface area contributed by atoms with E-state index in [4.69, 9.17) is 0 Å². The van der Waals surface area contributed by atoms with Gasteiger partial charge in [0.05, 0.1) is 16.8 Å². The minimum atomic E-state index is -3.37. The fourth-order valence-corrected chi connectivity index (χ4v) is 3.46. The lowest BCUT2D eigenvalue weighted by Gasteiger charge is -2.06. The van der Waals surface area contributed by atoms with Crippen molar-refractivity contribution in [1.82, 2.24) is 9.55 Å². The summed E-state index contributed by atoms with van der Waals surface area (Å²) >= 11 is 0. The molecule has 1 aromatic heterocycles. The van der Waals surface area contributed by atoms with Crippen molar-refractivity contribution in [2.45, 2.75) is 18.6 Å². The van der Waals surface area contributed by atoms with Gasteiger partial charge in [0.2, 0.25) is 15.0 Å². The second kappa shape index (κ2) is 6.38. The topological polar surface area (TPSA) is 52.0 Å². The van der Waals surface area contributed by atoms with Crippen molar-refractivity contribution in [2.75, 3.05) is 5.75 Å². The fourth-order valence-electron chi connectivity index (χ4n) is 2.45. The molecule has 23 heavy (non-hydrogen) atoms.